The zero-order valence-electron chi connectivity index (χ0n) is 18.4. The van der Waals surface area contributed by atoms with Crippen LogP contribution < -0.4 is 106 Å². The maximum atomic E-state index is 11.9. The molecular weight excluding hydrogens is 507 g/mol. The number of nitrogens with two attached hydrogens (primary N) is 1. The monoisotopic (exact) mass is 519 g/mol. The van der Waals surface area contributed by atoms with Gasteiger partial charge in [-0.1, -0.05) is 0 Å². The van der Waals surface area contributed by atoms with E-state index in [1.807, 2.05) is 0 Å². The van der Waals surface area contributed by atoms with Gasteiger partial charge >= 0.3 is 81.1 Å². The van der Waals surface area contributed by atoms with Gasteiger partial charge in [0.1, 0.15) is 18.1 Å². The smallest absolute Gasteiger partial charge is 0.790 e. The van der Waals surface area contributed by atoms with Crippen molar-refractivity contribution in [2.24, 2.45) is 0 Å². The van der Waals surface area contributed by atoms with E-state index < -0.39 is 54.2 Å². The fourth-order valence-electron chi connectivity index (χ4n) is 2.28. The summed E-state index contributed by atoms with van der Waals surface area (Å²) in [4.78, 5) is 69.3. The molecule has 0 radical (unpaired) electrons. The fraction of sp³-hybridized carbons (Fsp3) is 0.500. The Hall–Kier alpha value is 1.07. The molecule has 0 aromatic carbocycles. The van der Waals surface area contributed by atoms with Crippen molar-refractivity contribution >= 4 is 35.6 Å². The second-order valence-corrected chi connectivity index (χ2v) is 9.87. The minimum absolute atomic E-state index is 0. The molecule has 3 N–H and O–H groups in total. The van der Waals surface area contributed by atoms with Crippen molar-refractivity contribution < 1.29 is 136 Å². The van der Waals surface area contributed by atoms with Crippen LogP contribution >= 0.6 is 23.5 Å². The molecule has 1 aliphatic rings. The molecule has 0 saturated carbocycles. The van der Waals surface area contributed by atoms with Crippen molar-refractivity contribution in [1.82, 2.24) is 9.55 Å². The Labute approximate surface area is 239 Å². The van der Waals surface area contributed by atoms with Gasteiger partial charge in [0.15, 0.2) is 6.29 Å². The Bertz CT molecular complexity index is 1020. The van der Waals surface area contributed by atoms with Crippen LogP contribution in [0.3, 0.4) is 0 Å². The minimum Gasteiger partial charge on any atom is -0.790 e. The molecule has 34 heavy (non-hydrogen) atoms. The third kappa shape index (κ3) is 12.1. The van der Waals surface area contributed by atoms with E-state index in [9.17, 15) is 48.0 Å². The van der Waals surface area contributed by atoms with Crippen molar-refractivity contribution in [2.45, 2.75) is 24.9 Å². The fourth-order valence-corrected chi connectivity index (χ4v) is 5.14. The number of aromatic nitrogens is 2. The molecule has 170 valence electrons. The number of carbonyl (C=O) groups excluding carboxylic acids is 1. The van der Waals surface area contributed by atoms with E-state index in [-0.39, 0.29) is 93.2 Å². The van der Waals surface area contributed by atoms with E-state index in [2.05, 4.69) is 18.1 Å². The molecule has 17 nitrogen and oxygen atoms in total. The molecule has 1 fully saturated rings. The van der Waals surface area contributed by atoms with Crippen LogP contribution in [-0.2, 0) is 31.6 Å². The molecule has 2 rings (SSSR count). The largest absolute Gasteiger partial charge is 1.00 e. The zero-order valence-corrected chi connectivity index (χ0v) is 21.1. The summed E-state index contributed by atoms with van der Waals surface area (Å²) in [6, 6.07) is 0. The molecule has 1 aliphatic heterocycles. The summed E-state index contributed by atoms with van der Waals surface area (Å²) in [7, 11) is -18.1. The summed E-state index contributed by atoms with van der Waals surface area (Å²) in [6.45, 7) is -1.04. The molecule has 0 amide bonds. The summed E-state index contributed by atoms with van der Waals surface area (Å²) < 4.78 is 49.4. The topological polar surface area (TPSA) is 279 Å². The van der Waals surface area contributed by atoms with Gasteiger partial charge in [-0.3, -0.25) is 22.8 Å². The molecular formula is C10H12Li4N3O14P3. The first-order valence-electron chi connectivity index (χ1n) is 7.51. The minimum atomic E-state index is -6.13. The number of aliphatic hydroxyl groups is 1. The van der Waals surface area contributed by atoms with E-state index in [1.54, 1.807) is 0 Å². The average molecular weight is 519 g/mol. The Kier molecular flexibility index (Phi) is 18.0. The van der Waals surface area contributed by atoms with Gasteiger partial charge in [0.05, 0.1) is 26.1 Å². The van der Waals surface area contributed by atoms with Gasteiger partial charge < -0.3 is 44.2 Å². The number of aldehydes is 1. The van der Waals surface area contributed by atoms with Crippen LogP contribution in [-0.4, -0.2) is 39.8 Å². The molecule has 2 heterocycles. The van der Waals surface area contributed by atoms with E-state index >= 15 is 0 Å². The number of phosphoric ester groups is 1. The molecule has 1 aromatic heterocycles. The van der Waals surface area contributed by atoms with Crippen LogP contribution in [0.1, 0.15) is 23.0 Å². The van der Waals surface area contributed by atoms with Crippen LogP contribution in [0, 0.1) is 0 Å². The normalized spacial score (nSPS) is 23.0. The zero-order chi connectivity index (χ0) is 22.9. The van der Waals surface area contributed by atoms with Gasteiger partial charge in [0.2, 0.25) is 0 Å². The molecule has 24 heteroatoms. The summed E-state index contributed by atoms with van der Waals surface area (Å²) >= 11 is 0. The van der Waals surface area contributed by atoms with Crippen molar-refractivity contribution in [1.29, 1.82) is 0 Å². The summed E-state index contributed by atoms with van der Waals surface area (Å²) in [5, 5.41) is 9.95. The van der Waals surface area contributed by atoms with Crippen molar-refractivity contribution in [2.75, 3.05) is 12.3 Å². The third-order valence-electron chi connectivity index (χ3n) is 3.45. The second-order valence-electron chi connectivity index (χ2n) is 5.62. The standard InChI is InChI=1S/C10H16N3O14P3.4Li/c11-9-5(3-14)2-13(10(16)12-9)8-1-6(15)7(25-8)4-24-29(20,21)27-30(22,23)26-28(17,18)19;;;;/h2-3,6-8,15H,1,4H2,(H,20,21)(H,22,23)(H2,11,12,16)(H2,17,18,19);;;;/q;4*+1/p-4/t6-,7-,8-;;;;/m1..../s1. The number of carbonyl (C=O) groups is 1. The first kappa shape index (κ1) is 39.6. The second kappa shape index (κ2) is 15.5. The number of ether oxygens (including phenoxy) is 1. The Morgan fingerprint density at radius 3 is 2.21 bits per heavy atom. The van der Waals surface area contributed by atoms with Crippen LogP contribution in [0.15, 0.2) is 11.0 Å². The summed E-state index contributed by atoms with van der Waals surface area (Å²) in [5.41, 5.74) is 4.27. The van der Waals surface area contributed by atoms with Gasteiger partial charge in [-0.2, -0.15) is 4.98 Å². The first-order chi connectivity index (χ1) is 13.6. The van der Waals surface area contributed by atoms with E-state index in [0.717, 1.165) is 10.8 Å². The average Bonchev–Trinajstić information content (AvgIpc) is 2.90. The number of hydrogen-bond donors (Lipinski definition) is 2. The predicted octanol–water partition coefficient (Wildman–Crippen LogP) is -15.9. The van der Waals surface area contributed by atoms with Crippen LogP contribution in [0.4, 0.5) is 5.82 Å². The molecule has 5 atom stereocenters. The van der Waals surface area contributed by atoms with E-state index in [4.69, 9.17) is 10.5 Å². The molecule has 0 bridgehead atoms. The molecule has 2 unspecified atom stereocenters. The summed E-state index contributed by atoms with van der Waals surface area (Å²) in [6.07, 6.45) is -3.09. The molecule has 0 spiro atoms. The van der Waals surface area contributed by atoms with Gasteiger partial charge in [-0.25, -0.2) is 9.11 Å². The van der Waals surface area contributed by atoms with E-state index in [1.165, 1.54) is 0 Å². The van der Waals surface area contributed by atoms with Gasteiger partial charge in [-0.05, 0) is 0 Å². The van der Waals surface area contributed by atoms with Crippen LogP contribution in [0.2, 0.25) is 0 Å². The maximum absolute atomic E-state index is 11.9. The Morgan fingerprint density at radius 2 is 1.71 bits per heavy atom. The quantitative estimate of drug-likeness (QED) is 0.174. The molecule has 0 aliphatic carbocycles. The first-order valence-corrected chi connectivity index (χ1v) is 11.9. The number of rotatable bonds is 9. The number of anilines is 1. The van der Waals surface area contributed by atoms with Crippen molar-refractivity contribution in [3.8, 4) is 0 Å². The predicted molar refractivity (Wildman–Crippen MR) is 83.8 cm³/mol. The number of nitrogen functional groups attached to an aromatic ring is 1. The van der Waals surface area contributed by atoms with Crippen LogP contribution in [0.5, 0.6) is 0 Å². The Balaban J connectivity index is -0.00000240. The molecule has 1 aromatic rings. The SMILES string of the molecule is Nc1nc(=O)n([C@H]2C[C@@H](O)[C@@H](COP(=O)([O-])OP(=O)([O-])OP(=O)([O-])[O-])O2)cc1C=O.[Li+].[Li+].[Li+].[Li+]. The number of nitrogens with zero attached hydrogens (tertiary/aromatic N) is 2. The molecule has 1 saturated heterocycles. The van der Waals surface area contributed by atoms with E-state index in [0.29, 0.717) is 6.29 Å². The van der Waals surface area contributed by atoms with Gasteiger partial charge in [0.25, 0.3) is 15.6 Å². The van der Waals surface area contributed by atoms with Crippen LogP contribution in [0.25, 0.3) is 0 Å². The maximum Gasteiger partial charge on any atom is 1.00 e. The number of aliphatic hydroxyl groups excluding tert-OH is 1. The Morgan fingerprint density at radius 1 is 1.15 bits per heavy atom. The van der Waals surface area contributed by atoms with Crippen molar-refractivity contribution in [3.05, 3.63) is 22.2 Å². The summed E-state index contributed by atoms with van der Waals surface area (Å²) in [5.74, 6) is -0.348. The van der Waals surface area contributed by atoms with Gasteiger partial charge in [0, 0.05) is 12.6 Å². The number of hydrogen-bond acceptors (Lipinski definition) is 16. The van der Waals surface area contributed by atoms with Gasteiger partial charge in [-0.15, -0.1) is 0 Å². The number of phosphoric acid groups is 3. The van der Waals surface area contributed by atoms with Crippen molar-refractivity contribution in [3.63, 3.8) is 0 Å². The third-order valence-corrected chi connectivity index (χ3v) is 7.11.